The second-order valence-corrected chi connectivity index (χ2v) is 6.03. The van der Waals surface area contributed by atoms with E-state index in [4.69, 9.17) is 9.15 Å². The smallest absolute Gasteiger partial charge is 0.276 e. The SMILES string of the molecule is CCOc1ccc(CN(C)C(=O)c2nc(-c3ccccc3)oc2C)cc1. The molecule has 26 heavy (non-hydrogen) atoms. The van der Waals surface area contributed by atoms with Gasteiger partial charge in [-0.2, -0.15) is 0 Å². The van der Waals surface area contributed by atoms with Crippen molar-refractivity contribution in [2.24, 2.45) is 0 Å². The summed E-state index contributed by atoms with van der Waals surface area (Å²) in [5, 5.41) is 0. The second-order valence-electron chi connectivity index (χ2n) is 6.03. The number of aromatic nitrogens is 1. The van der Waals surface area contributed by atoms with Gasteiger partial charge in [-0.25, -0.2) is 4.98 Å². The van der Waals surface area contributed by atoms with Crippen LogP contribution in [0.3, 0.4) is 0 Å². The Morgan fingerprint density at radius 1 is 1.12 bits per heavy atom. The number of hydrogen-bond donors (Lipinski definition) is 0. The summed E-state index contributed by atoms with van der Waals surface area (Å²) in [5.74, 6) is 1.64. The highest BCUT2D eigenvalue weighted by Gasteiger charge is 2.21. The first-order chi connectivity index (χ1) is 12.6. The summed E-state index contributed by atoms with van der Waals surface area (Å²) in [4.78, 5) is 18.8. The minimum absolute atomic E-state index is 0.165. The first kappa shape index (κ1) is 17.7. The Balaban J connectivity index is 1.73. The molecular formula is C21H22N2O3. The highest BCUT2D eigenvalue weighted by molar-refractivity contribution is 5.93. The van der Waals surface area contributed by atoms with Gasteiger partial charge in [0.25, 0.3) is 5.91 Å². The van der Waals surface area contributed by atoms with Crippen molar-refractivity contribution in [2.75, 3.05) is 13.7 Å². The standard InChI is InChI=1S/C21H22N2O3/c1-4-25-18-12-10-16(11-13-18)14-23(3)21(24)19-15(2)26-20(22-19)17-8-6-5-7-9-17/h5-13H,4,14H2,1-3H3. The zero-order valence-corrected chi connectivity index (χ0v) is 15.2. The molecule has 0 aliphatic carbocycles. The largest absolute Gasteiger partial charge is 0.494 e. The molecule has 0 fully saturated rings. The van der Waals surface area contributed by atoms with E-state index in [1.807, 2.05) is 61.5 Å². The molecule has 0 aliphatic rings. The van der Waals surface area contributed by atoms with Gasteiger partial charge in [-0.3, -0.25) is 4.79 Å². The minimum atomic E-state index is -0.165. The first-order valence-corrected chi connectivity index (χ1v) is 8.58. The van der Waals surface area contributed by atoms with Gasteiger partial charge < -0.3 is 14.1 Å². The monoisotopic (exact) mass is 350 g/mol. The Hall–Kier alpha value is -3.08. The van der Waals surface area contributed by atoms with E-state index in [-0.39, 0.29) is 5.91 Å². The van der Waals surface area contributed by atoms with Crippen molar-refractivity contribution < 1.29 is 13.9 Å². The van der Waals surface area contributed by atoms with E-state index >= 15 is 0 Å². The fraction of sp³-hybridized carbons (Fsp3) is 0.238. The van der Waals surface area contributed by atoms with Crippen LogP contribution in [0.1, 0.15) is 28.7 Å². The Kier molecular flexibility index (Phi) is 5.37. The fourth-order valence-corrected chi connectivity index (χ4v) is 2.68. The van der Waals surface area contributed by atoms with E-state index < -0.39 is 0 Å². The molecule has 0 unspecified atom stereocenters. The van der Waals surface area contributed by atoms with E-state index in [9.17, 15) is 4.79 Å². The predicted molar refractivity (Wildman–Crippen MR) is 100 cm³/mol. The number of carbonyl (C=O) groups excluding carboxylic acids is 1. The molecule has 0 bridgehead atoms. The third kappa shape index (κ3) is 3.94. The van der Waals surface area contributed by atoms with Crippen molar-refractivity contribution in [3.05, 3.63) is 71.6 Å². The number of amides is 1. The molecule has 2 aromatic carbocycles. The average molecular weight is 350 g/mol. The predicted octanol–water partition coefficient (Wildman–Crippen LogP) is 4.32. The molecule has 5 nitrogen and oxygen atoms in total. The van der Waals surface area contributed by atoms with Crippen LogP contribution < -0.4 is 4.74 Å². The number of aryl methyl sites for hydroxylation is 1. The minimum Gasteiger partial charge on any atom is -0.494 e. The Labute approximate surface area is 153 Å². The summed E-state index contributed by atoms with van der Waals surface area (Å²) in [7, 11) is 1.76. The van der Waals surface area contributed by atoms with E-state index in [0.717, 1.165) is 16.9 Å². The molecule has 0 radical (unpaired) electrons. The van der Waals surface area contributed by atoms with Crippen molar-refractivity contribution in [3.63, 3.8) is 0 Å². The third-order valence-electron chi connectivity index (χ3n) is 4.02. The zero-order chi connectivity index (χ0) is 18.5. The van der Waals surface area contributed by atoms with Crippen molar-refractivity contribution in [2.45, 2.75) is 20.4 Å². The van der Waals surface area contributed by atoms with Gasteiger partial charge in [0, 0.05) is 19.2 Å². The van der Waals surface area contributed by atoms with Crippen LogP contribution in [0.2, 0.25) is 0 Å². The van der Waals surface area contributed by atoms with E-state index in [1.54, 1.807) is 18.9 Å². The molecule has 1 heterocycles. The number of carbonyl (C=O) groups is 1. The van der Waals surface area contributed by atoms with Crippen LogP contribution in [0.4, 0.5) is 0 Å². The number of ether oxygens (including phenoxy) is 1. The number of oxazole rings is 1. The second kappa shape index (κ2) is 7.87. The first-order valence-electron chi connectivity index (χ1n) is 8.58. The maximum Gasteiger partial charge on any atom is 0.276 e. The van der Waals surface area contributed by atoms with Crippen LogP contribution in [0.5, 0.6) is 5.75 Å². The molecule has 1 amide bonds. The number of rotatable bonds is 6. The van der Waals surface area contributed by atoms with Gasteiger partial charge in [-0.15, -0.1) is 0 Å². The van der Waals surface area contributed by atoms with E-state index in [1.165, 1.54) is 0 Å². The summed E-state index contributed by atoms with van der Waals surface area (Å²) < 4.78 is 11.1. The van der Waals surface area contributed by atoms with Crippen LogP contribution in [-0.2, 0) is 6.54 Å². The van der Waals surface area contributed by atoms with Crippen molar-refractivity contribution in [1.82, 2.24) is 9.88 Å². The lowest BCUT2D eigenvalue weighted by Gasteiger charge is -2.16. The topological polar surface area (TPSA) is 55.6 Å². The molecule has 3 rings (SSSR count). The van der Waals surface area contributed by atoms with Gasteiger partial charge in [0.05, 0.1) is 6.61 Å². The molecule has 1 aromatic heterocycles. The molecule has 0 saturated carbocycles. The van der Waals surface area contributed by atoms with Crippen LogP contribution in [-0.4, -0.2) is 29.4 Å². The average Bonchev–Trinajstić information content (AvgIpc) is 3.05. The molecule has 134 valence electrons. The normalized spacial score (nSPS) is 10.6. The molecule has 3 aromatic rings. The Morgan fingerprint density at radius 2 is 1.81 bits per heavy atom. The number of benzene rings is 2. The Bertz CT molecular complexity index is 870. The van der Waals surface area contributed by atoms with Crippen LogP contribution in [0.15, 0.2) is 59.0 Å². The van der Waals surface area contributed by atoms with Gasteiger partial charge in [-0.1, -0.05) is 30.3 Å². The molecule has 0 N–H and O–H groups in total. The molecule has 0 aliphatic heterocycles. The molecule has 0 saturated heterocycles. The van der Waals surface area contributed by atoms with Gasteiger partial charge in [0.2, 0.25) is 5.89 Å². The van der Waals surface area contributed by atoms with Gasteiger partial charge in [0.15, 0.2) is 5.69 Å². The van der Waals surface area contributed by atoms with Crippen molar-refractivity contribution in [3.8, 4) is 17.2 Å². The number of nitrogens with zero attached hydrogens (tertiary/aromatic N) is 2. The van der Waals surface area contributed by atoms with Gasteiger partial charge in [-0.05, 0) is 43.7 Å². The Morgan fingerprint density at radius 3 is 2.46 bits per heavy atom. The summed E-state index contributed by atoms with van der Waals surface area (Å²) in [6.45, 7) is 4.83. The number of hydrogen-bond acceptors (Lipinski definition) is 4. The highest BCUT2D eigenvalue weighted by Crippen LogP contribution is 2.22. The fourth-order valence-electron chi connectivity index (χ4n) is 2.68. The van der Waals surface area contributed by atoms with Crippen molar-refractivity contribution >= 4 is 5.91 Å². The quantitative estimate of drug-likeness (QED) is 0.664. The summed E-state index contributed by atoms with van der Waals surface area (Å²) in [6, 6.07) is 17.3. The summed E-state index contributed by atoms with van der Waals surface area (Å²) in [5.41, 5.74) is 2.22. The van der Waals surface area contributed by atoms with E-state index in [2.05, 4.69) is 4.98 Å². The summed E-state index contributed by atoms with van der Waals surface area (Å²) in [6.07, 6.45) is 0. The molecular weight excluding hydrogens is 328 g/mol. The van der Waals surface area contributed by atoms with Crippen LogP contribution in [0, 0.1) is 6.92 Å². The van der Waals surface area contributed by atoms with Gasteiger partial charge >= 0.3 is 0 Å². The zero-order valence-electron chi connectivity index (χ0n) is 15.2. The lowest BCUT2D eigenvalue weighted by atomic mass is 10.2. The van der Waals surface area contributed by atoms with Crippen molar-refractivity contribution in [1.29, 1.82) is 0 Å². The third-order valence-corrected chi connectivity index (χ3v) is 4.02. The molecule has 0 atom stereocenters. The highest BCUT2D eigenvalue weighted by atomic mass is 16.5. The molecule has 0 spiro atoms. The molecule has 5 heteroatoms. The van der Waals surface area contributed by atoms with Gasteiger partial charge in [0.1, 0.15) is 11.5 Å². The lowest BCUT2D eigenvalue weighted by molar-refractivity contribution is 0.0778. The van der Waals surface area contributed by atoms with Crippen LogP contribution in [0.25, 0.3) is 11.5 Å². The maximum atomic E-state index is 12.8. The lowest BCUT2D eigenvalue weighted by Crippen LogP contribution is -2.27. The van der Waals surface area contributed by atoms with E-state index in [0.29, 0.717) is 30.5 Å². The van der Waals surface area contributed by atoms with Crippen LogP contribution >= 0.6 is 0 Å². The maximum absolute atomic E-state index is 12.8. The summed E-state index contributed by atoms with van der Waals surface area (Å²) >= 11 is 0.